The zero-order valence-electron chi connectivity index (χ0n) is 23.9. The molecule has 200 valence electrons. The highest BCUT2D eigenvalue weighted by molar-refractivity contribution is 4.52. The fraction of sp³-hybridized carbons (Fsp3) is 1.00. The van der Waals surface area contributed by atoms with E-state index in [1.54, 1.807) is 0 Å². The van der Waals surface area contributed by atoms with Gasteiger partial charge in [-0.05, 0) is 19.8 Å². The second-order valence-corrected chi connectivity index (χ2v) is 11.8. The number of nitrogens with zero attached hydrogens (tertiary/aromatic N) is 1. The molecule has 33 heavy (non-hydrogen) atoms. The number of likely N-dealkylation sites (N-methyl/N-ethyl adjacent to an activating group) is 1. The van der Waals surface area contributed by atoms with Crippen molar-refractivity contribution >= 4 is 0 Å². The minimum atomic E-state index is -0.186. The largest absolute Gasteiger partial charge is 0.388 e. The summed E-state index contributed by atoms with van der Waals surface area (Å²) in [5.74, 6) is 0. The van der Waals surface area contributed by atoms with Crippen LogP contribution in [-0.2, 0) is 0 Å². The van der Waals surface area contributed by atoms with E-state index >= 15 is 0 Å². The van der Waals surface area contributed by atoms with Gasteiger partial charge in [-0.1, -0.05) is 148 Å². The molecule has 0 amide bonds. The van der Waals surface area contributed by atoms with Crippen molar-refractivity contribution in [2.75, 3.05) is 27.2 Å². The van der Waals surface area contributed by atoms with Crippen molar-refractivity contribution in [3.8, 4) is 0 Å². The minimum Gasteiger partial charge on any atom is -0.388 e. The fourth-order valence-corrected chi connectivity index (χ4v) is 5.31. The molecule has 1 atom stereocenters. The highest BCUT2D eigenvalue weighted by atomic mass is 16.3. The summed E-state index contributed by atoms with van der Waals surface area (Å²) < 4.78 is 0.955. The number of aliphatic hydroxyl groups is 1. The van der Waals surface area contributed by atoms with Crippen LogP contribution in [0, 0.1) is 0 Å². The number of rotatable bonds is 27. The van der Waals surface area contributed by atoms with Crippen LogP contribution in [0.4, 0.5) is 0 Å². The molecule has 0 saturated carbocycles. The molecule has 0 aliphatic heterocycles. The summed E-state index contributed by atoms with van der Waals surface area (Å²) in [6, 6.07) is 0. The third-order valence-corrected chi connectivity index (χ3v) is 7.38. The lowest BCUT2D eigenvalue weighted by Gasteiger charge is -2.31. The summed E-state index contributed by atoms with van der Waals surface area (Å²) >= 11 is 0. The first-order chi connectivity index (χ1) is 16.0. The minimum absolute atomic E-state index is 0.186. The molecule has 0 rings (SSSR count). The standard InChI is InChI=1S/C31H66NO/c1-5-6-7-8-9-10-11-12-13-14-15-16-17-18-19-20-21-22-23-24-25-26-27-28-29-32(3,4)30-31(2)33/h31,33H,5-30H2,1-4H3/q+1. The second-order valence-electron chi connectivity index (χ2n) is 11.8. The summed E-state index contributed by atoms with van der Waals surface area (Å²) in [7, 11) is 4.48. The summed E-state index contributed by atoms with van der Waals surface area (Å²) in [5.41, 5.74) is 0. The molecule has 0 aromatic heterocycles. The molecule has 0 aliphatic carbocycles. The quantitative estimate of drug-likeness (QED) is 0.0939. The van der Waals surface area contributed by atoms with E-state index in [4.69, 9.17) is 0 Å². The van der Waals surface area contributed by atoms with Crippen molar-refractivity contribution in [2.45, 2.75) is 174 Å². The van der Waals surface area contributed by atoms with Gasteiger partial charge in [-0.3, -0.25) is 0 Å². The van der Waals surface area contributed by atoms with Crippen LogP contribution in [-0.4, -0.2) is 42.9 Å². The Morgan fingerprint density at radius 1 is 0.455 bits per heavy atom. The molecule has 0 fully saturated rings. The van der Waals surface area contributed by atoms with Crippen LogP contribution in [0.2, 0.25) is 0 Å². The topological polar surface area (TPSA) is 20.2 Å². The Morgan fingerprint density at radius 3 is 0.939 bits per heavy atom. The monoisotopic (exact) mass is 469 g/mol. The van der Waals surface area contributed by atoms with E-state index in [0.717, 1.165) is 11.0 Å². The molecule has 0 spiro atoms. The van der Waals surface area contributed by atoms with E-state index in [9.17, 15) is 5.11 Å². The SMILES string of the molecule is CCCCCCCCCCCCCCCCCCCCCCCCCC[N+](C)(C)CC(C)O. The zero-order valence-corrected chi connectivity index (χ0v) is 23.9. The van der Waals surface area contributed by atoms with Crippen LogP contribution in [0.15, 0.2) is 0 Å². The third kappa shape index (κ3) is 28.0. The summed E-state index contributed by atoms with van der Waals surface area (Å²) in [4.78, 5) is 0. The van der Waals surface area contributed by atoms with E-state index in [1.807, 2.05) is 6.92 Å². The molecule has 0 aliphatic rings. The molecule has 2 heteroatoms. The van der Waals surface area contributed by atoms with E-state index < -0.39 is 0 Å². The Morgan fingerprint density at radius 2 is 0.697 bits per heavy atom. The first-order valence-electron chi connectivity index (χ1n) is 15.5. The predicted molar refractivity (Wildman–Crippen MR) is 150 cm³/mol. The average Bonchev–Trinajstić information content (AvgIpc) is 2.75. The van der Waals surface area contributed by atoms with Crippen LogP contribution < -0.4 is 0 Å². The van der Waals surface area contributed by atoms with Gasteiger partial charge >= 0.3 is 0 Å². The van der Waals surface area contributed by atoms with Gasteiger partial charge < -0.3 is 9.59 Å². The Balaban J connectivity index is 3.12. The van der Waals surface area contributed by atoms with Gasteiger partial charge in [0.1, 0.15) is 12.6 Å². The van der Waals surface area contributed by atoms with Gasteiger partial charge in [-0.15, -0.1) is 0 Å². The first-order valence-corrected chi connectivity index (χ1v) is 15.5. The number of aliphatic hydroxyl groups excluding tert-OH is 1. The predicted octanol–water partition coefficient (Wildman–Crippen LogP) is 9.83. The Kier molecular flexibility index (Phi) is 25.0. The molecule has 0 heterocycles. The number of hydrogen-bond acceptors (Lipinski definition) is 1. The Labute approximate surface area is 210 Å². The molecular weight excluding hydrogens is 402 g/mol. The van der Waals surface area contributed by atoms with Crippen LogP contribution in [0.25, 0.3) is 0 Å². The van der Waals surface area contributed by atoms with E-state index in [-0.39, 0.29) is 6.10 Å². The third-order valence-electron chi connectivity index (χ3n) is 7.38. The molecule has 0 aromatic carbocycles. The van der Waals surface area contributed by atoms with E-state index in [2.05, 4.69) is 21.0 Å². The van der Waals surface area contributed by atoms with Crippen LogP contribution >= 0.6 is 0 Å². The maximum Gasteiger partial charge on any atom is 0.104 e. The highest BCUT2D eigenvalue weighted by Gasteiger charge is 2.16. The van der Waals surface area contributed by atoms with Gasteiger partial charge in [0.25, 0.3) is 0 Å². The zero-order chi connectivity index (χ0) is 24.5. The van der Waals surface area contributed by atoms with Gasteiger partial charge in [-0.2, -0.15) is 0 Å². The Bertz CT molecular complexity index is 366. The number of unbranched alkanes of at least 4 members (excludes halogenated alkanes) is 23. The van der Waals surface area contributed by atoms with Crippen molar-refractivity contribution in [2.24, 2.45) is 0 Å². The second kappa shape index (κ2) is 25.0. The van der Waals surface area contributed by atoms with E-state index in [1.165, 1.54) is 161 Å². The molecule has 0 saturated heterocycles. The van der Waals surface area contributed by atoms with Gasteiger partial charge in [0.05, 0.1) is 20.6 Å². The fourth-order valence-electron chi connectivity index (χ4n) is 5.31. The van der Waals surface area contributed by atoms with Crippen molar-refractivity contribution < 1.29 is 9.59 Å². The van der Waals surface area contributed by atoms with Crippen LogP contribution in [0.1, 0.15) is 168 Å². The normalized spacial score (nSPS) is 13.0. The van der Waals surface area contributed by atoms with Crippen molar-refractivity contribution in [1.29, 1.82) is 0 Å². The average molecular weight is 469 g/mol. The lowest BCUT2D eigenvalue weighted by molar-refractivity contribution is -0.893. The van der Waals surface area contributed by atoms with E-state index in [0.29, 0.717) is 0 Å². The number of hydrogen-bond donors (Lipinski definition) is 1. The van der Waals surface area contributed by atoms with Crippen molar-refractivity contribution in [3.05, 3.63) is 0 Å². The molecule has 1 N–H and O–H groups in total. The van der Waals surface area contributed by atoms with Gasteiger partial charge in [0, 0.05) is 0 Å². The first kappa shape index (κ1) is 32.9. The molecule has 1 unspecified atom stereocenters. The van der Waals surface area contributed by atoms with Crippen molar-refractivity contribution in [1.82, 2.24) is 0 Å². The van der Waals surface area contributed by atoms with Crippen molar-refractivity contribution in [3.63, 3.8) is 0 Å². The highest BCUT2D eigenvalue weighted by Crippen LogP contribution is 2.16. The lowest BCUT2D eigenvalue weighted by Crippen LogP contribution is -2.45. The molecule has 0 bridgehead atoms. The van der Waals surface area contributed by atoms with Gasteiger partial charge in [-0.25, -0.2) is 0 Å². The smallest absolute Gasteiger partial charge is 0.104 e. The molecule has 0 aromatic rings. The summed E-state index contributed by atoms with van der Waals surface area (Å²) in [6.45, 7) is 6.28. The molecular formula is C31H66NO+. The molecule has 2 nitrogen and oxygen atoms in total. The lowest BCUT2D eigenvalue weighted by atomic mass is 10.0. The maximum absolute atomic E-state index is 9.56. The Hall–Kier alpha value is -0.0800. The number of quaternary nitrogens is 1. The van der Waals surface area contributed by atoms with Gasteiger partial charge in [0.15, 0.2) is 0 Å². The van der Waals surface area contributed by atoms with Gasteiger partial charge in [0.2, 0.25) is 0 Å². The van der Waals surface area contributed by atoms with Crippen LogP contribution in [0.5, 0.6) is 0 Å². The van der Waals surface area contributed by atoms with Crippen LogP contribution in [0.3, 0.4) is 0 Å². The maximum atomic E-state index is 9.56. The summed E-state index contributed by atoms with van der Waals surface area (Å²) in [5, 5.41) is 9.56. The summed E-state index contributed by atoms with van der Waals surface area (Å²) in [6.07, 6.45) is 34.6. The molecule has 0 radical (unpaired) electrons.